The van der Waals surface area contributed by atoms with Gasteiger partial charge in [0.1, 0.15) is 19.0 Å². The van der Waals surface area contributed by atoms with Crippen molar-refractivity contribution in [3.63, 3.8) is 0 Å². The van der Waals surface area contributed by atoms with E-state index in [1.165, 1.54) is 0 Å². The molecule has 0 aliphatic carbocycles. The van der Waals surface area contributed by atoms with E-state index in [0.29, 0.717) is 43.5 Å². The maximum atomic E-state index is 12.1. The van der Waals surface area contributed by atoms with E-state index >= 15 is 0 Å². The van der Waals surface area contributed by atoms with Crippen molar-refractivity contribution < 1.29 is 23.7 Å². The summed E-state index contributed by atoms with van der Waals surface area (Å²) in [7, 11) is 0. The summed E-state index contributed by atoms with van der Waals surface area (Å²) in [5.74, 6) is 1.73. The second-order valence-corrected chi connectivity index (χ2v) is 8.20. The quantitative estimate of drug-likeness (QED) is 0.165. The minimum Gasteiger partial charge on any atom is -0.489 e. The number of carbonyl (C=O) groups is 1. The third-order valence-electron chi connectivity index (χ3n) is 5.50. The summed E-state index contributed by atoms with van der Waals surface area (Å²) < 4.78 is 23.4. The highest BCUT2D eigenvalue weighted by Crippen LogP contribution is 2.38. The van der Waals surface area contributed by atoms with Gasteiger partial charge in [0, 0.05) is 12.8 Å². The minimum atomic E-state index is -0.346. The molecule has 0 N–H and O–H groups in total. The lowest BCUT2D eigenvalue weighted by Crippen LogP contribution is -2.10. The van der Waals surface area contributed by atoms with Gasteiger partial charge in [-0.25, -0.2) is 0 Å². The second kappa shape index (κ2) is 13.0. The highest BCUT2D eigenvalue weighted by Gasteiger charge is 2.16. The minimum absolute atomic E-state index is 0.255. The van der Waals surface area contributed by atoms with E-state index in [1.807, 2.05) is 91.0 Å². The molecule has 0 heterocycles. The molecule has 4 aromatic carbocycles. The fourth-order valence-electron chi connectivity index (χ4n) is 3.52. The normalized spacial score (nSPS) is 10.5. The Morgan fingerprint density at radius 2 is 1.19 bits per heavy atom. The smallest absolute Gasteiger partial charge is 0.311 e. The zero-order valence-corrected chi connectivity index (χ0v) is 20.4. The first kappa shape index (κ1) is 24.9. The summed E-state index contributed by atoms with van der Waals surface area (Å²) in [6.45, 7) is 3.07. The van der Waals surface area contributed by atoms with E-state index < -0.39 is 0 Å². The molecule has 0 radical (unpaired) electrons. The molecule has 0 amide bonds. The predicted octanol–water partition coefficient (Wildman–Crippen LogP) is 6.78. The van der Waals surface area contributed by atoms with Crippen LogP contribution < -0.4 is 18.9 Å². The Labute approximate surface area is 212 Å². The molecular formula is C31H30O5. The summed E-state index contributed by atoms with van der Waals surface area (Å²) in [6.07, 6.45) is 0.945. The van der Waals surface area contributed by atoms with Crippen molar-refractivity contribution in [2.45, 2.75) is 33.0 Å². The van der Waals surface area contributed by atoms with Crippen LogP contribution in [0.5, 0.6) is 23.0 Å². The molecule has 0 aliphatic heterocycles. The van der Waals surface area contributed by atoms with Crippen molar-refractivity contribution >= 4 is 5.97 Å². The van der Waals surface area contributed by atoms with Gasteiger partial charge in [-0.1, -0.05) is 85.8 Å². The Kier molecular flexibility index (Phi) is 8.98. The fourth-order valence-corrected chi connectivity index (χ4v) is 3.52. The third kappa shape index (κ3) is 7.37. The molecule has 0 atom stereocenters. The van der Waals surface area contributed by atoms with Crippen LogP contribution in [0.15, 0.2) is 103 Å². The molecule has 0 saturated heterocycles. The van der Waals surface area contributed by atoms with Crippen molar-refractivity contribution in [2.24, 2.45) is 0 Å². The number of benzene rings is 4. The number of hydrogen-bond acceptors (Lipinski definition) is 5. The molecule has 0 spiro atoms. The van der Waals surface area contributed by atoms with Crippen LogP contribution in [0, 0.1) is 0 Å². The zero-order valence-electron chi connectivity index (χ0n) is 20.4. The molecule has 0 aliphatic rings. The van der Waals surface area contributed by atoms with Gasteiger partial charge in [-0.15, -0.1) is 0 Å². The first-order chi connectivity index (χ1) is 17.7. The first-order valence-corrected chi connectivity index (χ1v) is 12.1. The van der Waals surface area contributed by atoms with E-state index in [4.69, 9.17) is 18.9 Å². The lowest BCUT2D eigenvalue weighted by atomic mass is 10.1. The average Bonchev–Trinajstić information content (AvgIpc) is 2.93. The van der Waals surface area contributed by atoms with Crippen LogP contribution in [0.1, 0.15) is 30.0 Å². The Morgan fingerprint density at radius 3 is 1.81 bits per heavy atom. The van der Waals surface area contributed by atoms with Gasteiger partial charge >= 0.3 is 5.97 Å². The Bertz CT molecular complexity index is 1220. The summed E-state index contributed by atoms with van der Waals surface area (Å²) in [5, 5.41) is 0. The SMILES string of the molecule is CCC(=O)Oc1c(OCCc2ccc(OCc3ccccc3)cc2)cccc1OCc1ccccc1. The van der Waals surface area contributed by atoms with Crippen LogP contribution in [0.25, 0.3) is 0 Å². The molecule has 5 nitrogen and oxygen atoms in total. The molecule has 0 aromatic heterocycles. The highest BCUT2D eigenvalue weighted by atomic mass is 16.6. The Balaban J connectivity index is 1.35. The standard InChI is InChI=1S/C31H30O5/c1-2-30(32)36-31-28(14-9-15-29(31)35-23-26-12-7-4-8-13-26)33-21-20-24-16-18-27(19-17-24)34-22-25-10-5-3-6-11-25/h3-19H,2,20-23H2,1H3. The lowest BCUT2D eigenvalue weighted by Gasteiger charge is -2.16. The average molecular weight is 483 g/mol. The molecule has 4 aromatic rings. The highest BCUT2D eigenvalue weighted by molar-refractivity contribution is 5.74. The molecule has 36 heavy (non-hydrogen) atoms. The lowest BCUT2D eigenvalue weighted by molar-refractivity contribution is -0.134. The summed E-state index contributed by atoms with van der Waals surface area (Å²) in [5.41, 5.74) is 3.27. The van der Waals surface area contributed by atoms with Crippen molar-refractivity contribution in [1.82, 2.24) is 0 Å². The first-order valence-electron chi connectivity index (χ1n) is 12.1. The van der Waals surface area contributed by atoms with E-state index in [9.17, 15) is 4.79 Å². The Morgan fingerprint density at radius 1 is 0.611 bits per heavy atom. The fraction of sp³-hybridized carbons (Fsp3) is 0.194. The molecule has 0 saturated carbocycles. The monoisotopic (exact) mass is 482 g/mol. The van der Waals surface area contributed by atoms with Gasteiger partial charge in [-0.05, 0) is 41.0 Å². The van der Waals surface area contributed by atoms with Gasteiger partial charge in [-0.3, -0.25) is 4.79 Å². The van der Waals surface area contributed by atoms with Crippen LogP contribution in [-0.2, 0) is 24.4 Å². The van der Waals surface area contributed by atoms with Crippen molar-refractivity contribution in [3.8, 4) is 23.0 Å². The van der Waals surface area contributed by atoms with Gasteiger partial charge in [-0.2, -0.15) is 0 Å². The topological polar surface area (TPSA) is 54.0 Å². The van der Waals surface area contributed by atoms with Gasteiger partial charge in [0.15, 0.2) is 11.5 Å². The van der Waals surface area contributed by atoms with Crippen molar-refractivity contribution in [3.05, 3.63) is 120 Å². The number of esters is 1. The van der Waals surface area contributed by atoms with E-state index in [-0.39, 0.29) is 12.4 Å². The number of carbonyl (C=O) groups excluding carboxylic acids is 1. The molecule has 0 bridgehead atoms. The van der Waals surface area contributed by atoms with Crippen LogP contribution in [-0.4, -0.2) is 12.6 Å². The predicted molar refractivity (Wildman–Crippen MR) is 140 cm³/mol. The molecule has 5 heteroatoms. The molecule has 0 fully saturated rings. The third-order valence-corrected chi connectivity index (χ3v) is 5.50. The van der Waals surface area contributed by atoms with Crippen LogP contribution >= 0.6 is 0 Å². The second-order valence-electron chi connectivity index (χ2n) is 8.20. The van der Waals surface area contributed by atoms with E-state index in [1.54, 1.807) is 19.1 Å². The van der Waals surface area contributed by atoms with Gasteiger partial charge < -0.3 is 18.9 Å². The summed E-state index contributed by atoms with van der Waals surface area (Å²) >= 11 is 0. The van der Waals surface area contributed by atoms with Gasteiger partial charge in [0.05, 0.1) is 6.61 Å². The molecule has 4 rings (SSSR count). The number of hydrogen-bond donors (Lipinski definition) is 0. The number of rotatable bonds is 12. The van der Waals surface area contributed by atoms with Crippen LogP contribution in [0.2, 0.25) is 0 Å². The number of ether oxygens (including phenoxy) is 4. The summed E-state index contributed by atoms with van der Waals surface area (Å²) in [6, 6.07) is 33.3. The molecule has 0 unspecified atom stereocenters. The van der Waals surface area contributed by atoms with E-state index in [0.717, 1.165) is 22.4 Å². The largest absolute Gasteiger partial charge is 0.489 e. The maximum Gasteiger partial charge on any atom is 0.311 e. The molecular weight excluding hydrogens is 452 g/mol. The maximum absolute atomic E-state index is 12.1. The van der Waals surface area contributed by atoms with Crippen molar-refractivity contribution in [2.75, 3.05) is 6.61 Å². The van der Waals surface area contributed by atoms with E-state index in [2.05, 4.69) is 0 Å². The zero-order chi connectivity index (χ0) is 25.0. The van der Waals surface area contributed by atoms with Gasteiger partial charge in [0.25, 0.3) is 0 Å². The van der Waals surface area contributed by atoms with Crippen LogP contribution in [0.3, 0.4) is 0 Å². The van der Waals surface area contributed by atoms with Gasteiger partial charge in [0.2, 0.25) is 5.75 Å². The van der Waals surface area contributed by atoms with Crippen LogP contribution in [0.4, 0.5) is 0 Å². The Hall–Kier alpha value is -4.25. The van der Waals surface area contributed by atoms with Crippen molar-refractivity contribution in [1.29, 1.82) is 0 Å². The number of para-hydroxylation sites is 1. The summed E-state index contributed by atoms with van der Waals surface area (Å²) in [4.78, 5) is 12.1. The molecule has 184 valence electrons.